The van der Waals surface area contributed by atoms with Crippen molar-refractivity contribution in [3.05, 3.63) is 76.5 Å². The first-order valence-corrected chi connectivity index (χ1v) is 8.43. The lowest BCUT2D eigenvalue weighted by Gasteiger charge is -2.09. The predicted molar refractivity (Wildman–Crippen MR) is 101 cm³/mol. The molecule has 2 N–H and O–H groups in total. The molecule has 0 saturated carbocycles. The van der Waals surface area contributed by atoms with E-state index in [-0.39, 0.29) is 5.57 Å². The van der Waals surface area contributed by atoms with Gasteiger partial charge in [-0.05, 0) is 43.0 Å². The third kappa shape index (κ3) is 5.66. The molecule has 0 aliphatic rings. The van der Waals surface area contributed by atoms with Gasteiger partial charge in [-0.1, -0.05) is 48.0 Å². The normalized spacial score (nSPS) is 10.8. The van der Waals surface area contributed by atoms with Crippen LogP contribution in [0.3, 0.4) is 0 Å². The summed E-state index contributed by atoms with van der Waals surface area (Å²) in [5.74, 6) is -0.455. The molecule has 2 aromatic rings. The maximum atomic E-state index is 12.2. The van der Waals surface area contributed by atoms with Gasteiger partial charge in [0.2, 0.25) is 0 Å². The molecule has 0 aliphatic heterocycles. The lowest BCUT2D eigenvalue weighted by molar-refractivity contribution is -0.112. The fourth-order valence-corrected chi connectivity index (χ4v) is 2.47. The van der Waals surface area contributed by atoms with E-state index in [0.29, 0.717) is 17.3 Å². The number of carbonyl (C=O) groups excluding carboxylic acids is 1. The monoisotopic (exact) mass is 353 g/mol. The zero-order valence-electron chi connectivity index (χ0n) is 14.1. The first kappa shape index (κ1) is 18.6. The van der Waals surface area contributed by atoms with Gasteiger partial charge in [0.05, 0.1) is 0 Å². The highest BCUT2D eigenvalue weighted by Crippen LogP contribution is 2.23. The number of benzene rings is 2. The maximum absolute atomic E-state index is 12.2. The third-order valence-corrected chi connectivity index (χ3v) is 4.17. The Morgan fingerprint density at radius 3 is 2.68 bits per heavy atom. The SMILES string of the molecule is Cc1c(Cl)cccc1NC(=O)/C(C#N)=C\NCCCc1ccccc1. The molecule has 0 radical (unpaired) electrons. The number of halogens is 1. The molecule has 0 heterocycles. The van der Waals surface area contributed by atoms with E-state index in [2.05, 4.69) is 22.8 Å². The van der Waals surface area contributed by atoms with Crippen molar-refractivity contribution in [3.63, 3.8) is 0 Å². The summed E-state index contributed by atoms with van der Waals surface area (Å²) in [6.45, 7) is 2.50. The van der Waals surface area contributed by atoms with Gasteiger partial charge >= 0.3 is 0 Å². The van der Waals surface area contributed by atoms with Crippen LogP contribution in [0, 0.1) is 18.3 Å². The molecule has 0 unspecified atom stereocenters. The molecule has 1 amide bonds. The van der Waals surface area contributed by atoms with Crippen molar-refractivity contribution in [1.82, 2.24) is 5.32 Å². The van der Waals surface area contributed by atoms with Crippen molar-refractivity contribution in [2.75, 3.05) is 11.9 Å². The number of aryl methyl sites for hydroxylation is 1. The lowest BCUT2D eigenvalue weighted by Crippen LogP contribution is -2.18. The Morgan fingerprint density at radius 1 is 1.20 bits per heavy atom. The molecule has 0 bridgehead atoms. The predicted octanol–water partition coefficient (Wildman–Crippen LogP) is 4.22. The van der Waals surface area contributed by atoms with Crippen molar-refractivity contribution < 1.29 is 4.79 Å². The molecular weight excluding hydrogens is 334 g/mol. The van der Waals surface area contributed by atoms with E-state index < -0.39 is 5.91 Å². The van der Waals surface area contributed by atoms with Crippen molar-refractivity contribution in [1.29, 1.82) is 5.26 Å². The van der Waals surface area contributed by atoms with Crippen molar-refractivity contribution in [2.45, 2.75) is 19.8 Å². The number of rotatable bonds is 7. The molecule has 0 atom stereocenters. The van der Waals surface area contributed by atoms with E-state index in [0.717, 1.165) is 18.4 Å². The molecule has 128 valence electrons. The van der Waals surface area contributed by atoms with Gasteiger partial charge in [0.15, 0.2) is 0 Å². The second-order valence-corrected chi connectivity index (χ2v) is 5.99. The fourth-order valence-electron chi connectivity index (χ4n) is 2.29. The van der Waals surface area contributed by atoms with E-state index in [9.17, 15) is 10.1 Å². The summed E-state index contributed by atoms with van der Waals surface area (Å²) in [5, 5.41) is 15.5. The minimum atomic E-state index is -0.455. The van der Waals surface area contributed by atoms with Gasteiger partial charge < -0.3 is 10.6 Å². The summed E-state index contributed by atoms with van der Waals surface area (Å²) in [7, 11) is 0. The third-order valence-electron chi connectivity index (χ3n) is 3.76. The standard InChI is InChI=1S/C20H20ClN3O/c1-15-18(21)10-5-11-19(15)24-20(25)17(13-22)14-23-12-6-9-16-7-3-2-4-8-16/h2-5,7-8,10-11,14,23H,6,9,12H2,1H3,(H,24,25)/b17-14-. The number of amides is 1. The lowest BCUT2D eigenvalue weighted by atomic mass is 10.1. The molecule has 2 aromatic carbocycles. The summed E-state index contributed by atoms with van der Waals surface area (Å²) in [4.78, 5) is 12.2. The Labute approximate surface area is 153 Å². The summed E-state index contributed by atoms with van der Waals surface area (Å²) in [6.07, 6.45) is 3.31. The Kier molecular flexibility index (Phi) is 7.06. The Bertz CT molecular complexity index is 794. The number of anilines is 1. The van der Waals surface area contributed by atoms with Crippen LogP contribution in [-0.2, 0) is 11.2 Å². The molecule has 0 spiro atoms. The fraction of sp³-hybridized carbons (Fsp3) is 0.200. The zero-order chi connectivity index (χ0) is 18.1. The quantitative estimate of drug-likeness (QED) is 0.445. The summed E-state index contributed by atoms with van der Waals surface area (Å²) in [5.41, 5.74) is 2.66. The molecular formula is C20H20ClN3O. The highest BCUT2D eigenvalue weighted by Gasteiger charge is 2.11. The van der Waals surface area contributed by atoms with Crippen molar-refractivity contribution >= 4 is 23.2 Å². The van der Waals surface area contributed by atoms with Gasteiger partial charge in [-0.2, -0.15) is 5.26 Å². The van der Waals surface area contributed by atoms with Gasteiger partial charge in [0.25, 0.3) is 5.91 Å². The van der Waals surface area contributed by atoms with Gasteiger partial charge in [-0.15, -0.1) is 0 Å². The number of nitrogens with one attached hydrogen (secondary N) is 2. The molecule has 0 saturated heterocycles. The average Bonchev–Trinajstić information content (AvgIpc) is 2.63. The Balaban J connectivity index is 1.85. The smallest absolute Gasteiger partial charge is 0.267 e. The highest BCUT2D eigenvalue weighted by molar-refractivity contribution is 6.31. The first-order chi connectivity index (χ1) is 12.1. The molecule has 0 aliphatic carbocycles. The minimum Gasteiger partial charge on any atom is -0.390 e. The van der Waals surface area contributed by atoms with Crippen molar-refractivity contribution in [3.8, 4) is 6.07 Å². The van der Waals surface area contributed by atoms with Crippen LogP contribution in [0.4, 0.5) is 5.69 Å². The molecule has 4 nitrogen and oxygen atoms in total. The molecule has 0 fully saturated rings. The number of hydrogen-bond acceptors (Lipinski definition) is 3. The van der Waals surface area contributed by atoms with E-state index in [1.807, 2.05) is 31.2 Å². The summed E-state index contributed by atoms with van der Waals surface area (Å²) in [6, 6.07) is 17.4. The van der Waals surface area contributed by atoms with Gasteiger partial charge in [-0.3, -0.25) is 4.79 Å². The maximum Gasteiger partial charge on any atom is 0.267 e. The highest BCUT2D eigenvalue weighted by atomic mass is 35.5. The van der Waals surface area contributed by atoms with Gasteiger partial charge in [0, 0.05) is 23.5 Å². The van der Waals surface area contributed by atoms with Crippen LogP contribution >= 0.6 is 11.6 Å². The van der Waals surface area contributed by atoms with Crippen LogP contribution in [-0.4, -0.2) is 12.5 Å². The second-order valence-electron chi connectivity index (χ2n) is 5.58. The Hall–Kier alpha value is -2.77. The zero-order valence-corrected chi connectivity index (χ0v) is 14.8. The van der Waals surface area contributed by atoms with Crippen LogP contribution in [0.1, 0.15) is 17.5 Å². The summed E-state index contributed by atoms with van der Waals surface area (Å²) < 4.78 is 0. The second kappa shape index (κ2) is 9.51. The van der Waals surface area contributed by atoms with E-state index >= 15 is 0 Å². The first-order valence-electron chi connectivity index (χ1n) is 8.06. The van der Waals surface area contributed by atoms with Gasteiger partial charge in [0.1, 0.15) is 11.6 Å². The summed E-state index contributed by atoms with van der Waals surface area (Å²) >= 11 is 6.04. The number of hydrogen-bond donors (Lipinski definition) is 2. The topological polar surface area (TPSA) is 64.9 Å². The number of nitriles is 1. The van der Waals surface area contributed by atoms with E-state index in [1.165, 1.54) is 11.8 Å². The van der Waals surface area contributed by atoms with Crippen molar-refractivity contribution in [2.24, 2.45) is 0 Å². The Morgan fingerprint density at radius 2 is 1.96 bits per heavy atom. The molecule has 25 heavy (non-hydrogen) atoms. The number of nitrogens with zero attached hydrogens (tertiary/aromatic N) is 1. The molecule has 5 heteroatoms. The van der Waals surface area contributed by atoms with Crippen LogP contribution in [0.15, 0.2) is 60.3 Å². The van der Waals surface area contributed by atoms with E-state index in [1.54, 1.807) is 18.2 Å². The van der Waals surface area contributed by atoms with Crippen LogP contribution in [0.2, 0.25) is 5.02 Å². The van der Waals surface area contributed by atoms with Gasteiger partial charge in [-0.25, -0.2) is 0 Å². The van der Waals surface area contributed by atoms with Crippen LogP contribution in [0.25, 0.3) is 0 Å². The van der Waals surface area contributed by atoms with Crippen LogP contribution < -0.4 is 10.6 Å². The minimum absolute atomic E-state index is 0.0269. The molecule has 0 aromatic heterocycles. The largest absolute Gasteiger partial charge is 0.390 e. The molecule has 2 rings (SSSR count). The average molecular weight is 354 g/mol. The van der Waals surface area contributed by atoms with Crippen LogP contribution in [0.5, 0.6) is 0 Å². The van der Waals surface area contributed by atoms with E-state index in [4.69, 9.17) is 11.6 Å². The number of carbonyl (C=O) groups is 1.